The van der Waals surface area contributed by atoms with E-state index in [1.807, 2.05) is 4.90 Å². The average Bonchev–Trinajstić information content (AvgIpc) is 3.14. The summed E-state index contributed by atoms with van der Waals surface area (Å²) in [5, 5.41) is 3.09. The molecular weight excluding hydrogens is 300 g/mol. The lowest BCUT2D eigenvalue weighted by Gasteiger charge is -2.35. The van der Waals surface area contributed by atoms with Crippen LogP contribution >= 0.6 is 0 Å². The topological polar surface area (TPSA) is 49.4 Å². The Labute approximate surface area is 144 Å². The quantitative estimate of drug-likeness (QED) is 0.915. The molecule has 2 fully saturated rings. The van der Waals surface area contributed by atoms with Gasteiger partial charge in [-0.15, -0.1) is 0 Å². The zero-order chi connectivity index (χ0) is 16.9. The van der Waals surface area contributed by atoms with Crippen molar-refractivity contribution in [2.45, 2.75) is 70.4 Å². The summed E-state index contributed by atoms with van der Waals surface area (Å²) in [5.74, 6) is 0.0783. The van der Waals surface area contributed by atoms with E-state index in [-0.39, 0.29) is 11.8 Å². The van der Waals surface area contributed by atoms with Crippen LogP contribution in [0.2, 0.25) is 0 Å². The van der Waals surface area contributed by atoms with Crippen LogP contribution in [0.25, 0.3) is 0 Å². The van der Waals surface area contributed by atoms with Gasteiger partial charge < -0.3 is 10.2 Å². The van der Waals surface area contributed by atoms with Gasteiger partial charge in [0.1, 0.15) is 0 Å². The Morgan fingerprint density at radius 3 is 2.29 bits per heavy atom. The third kappa shape index (κ3) is 3.80. The van der Waals surface area contributed by atoms with Crippen LogP contribution in [0.1, 0.15) is 79.0 Å². The smallest absolute Gasteiger partial charge is 0.254 e. The summed E-state index contributed by atoms with van der Waals surface area (Å²) >= 11 is 0. The number of piperidine rings is 1. The Morgan fingerprint density at radius 2 is 1.62 bits per heavy atom. The lowest BCUT2D eigenvalue weighted by atomic mass is 9.98. The van der Waals surface area contributed by atoms with Crippen LogP contribution in [0.3, 0.4) is 0 Å². The highest BCUT2D eigenvalue weighted by atomic mass is 16.2. The van der Waals surface area contributed by atoms with Crippen molar-refractivity contribution in [3.63, 3.8) is 0 Å². The van der Waals surface area contributed by atoms with Crippen molar-refractivity contribution in [3.05, 3.63) is 35.4 Å². The normalized spacial score (nSPS) is 21.7. The highest BCUT2D eigenvalue weighted by Crippen LogP contribution is 2.22. The predicted octanol–water partition coefficient (Wildman–Crippen LogP) is 3.76. The molecule has 1 saturated heterocycles. The zero-order valence-corrected chi connectivity index (χ0v) is 14.6. The van der Waals surface area contributed by atoms with Gasteiger partial charge in [0.25, 0.3) is 11.8 Å². The van der Waals surface area contributed by atoms with Crippen molar-refractivity contribution in [2.24, 2.45) is 0 Å². The fourth-order valence-corrected chi connectivity index (χ4v) is 3.96. The van der Waals surface area contributed by atoms with E-state index in [1.165, 1.54) is 19.3 Å². The van der Waals surface area contributed by atoms with Crippen LogP contribution in [-0.2, 0) is 0 Å². The van der Waals surface area contributed by atoms with E-state index in [1.54, 1.807) is 24.3 Å². The molecule has 1 aromatic rings. The molecule has 0 bridgehead atoms. The molecule has 0 radical (unpaired) electrons. The highest BCUT2D eigenvalue weighted by Gasteiger charge is 2.26. The SMILES string of the molecule is CCC1CCCCN1C(=O)c1ccc(C(=O)NC2CCCC2)cc1. The number of benzene rings is 1. The van der Waals surface area contributed by atoms with Crippen molar-refractivity contribution >= 4 is 11.8 Å². The minimum atomic E-state index is -0.0229. The Morgan fingerprint density at radius 1 is 1.00 bits per heavy atom. The molecule has 1 aliphatic heterocycles. The molecule has 2 amide bonds. The molecular formula is C20H28N2O2. The number of hydrogen-bond donors (Lipinski definition) is 1. The standard InChI is InChI=1S/C20H28N2O2/c1-2-18-9-5-6-14-22(18)20(24)16-12-10-15(11-13-16)19(23)21-17-7-3-4-8-17/h10-13,17-18H,2-9,14H2,1H3,(H,21,23). The molecule has 1 aliphatic carbocycles. The maximum absolute atomic E-state index is 12.8. The molecule has 1 aromatic carbocycles. The minimum Gasteiger partial charge on any atom is -0.349 e. The molecule has 0 spiro atoms. The number of rotatable bonds is 4. The van der Waals surface area contributed by atoms with Gasteiger partial charge in [-0.3, -0.25) is 9.59 Å². The van der Waals surface area contributed by atoms with E-state index < -0.39 is 0 Å². The van der Waals surface area contributed by atoms with Gasteiger partial charge in [-0.05, 0) is 62.8 Å². The average molecular weight is 328 g/mol. The molecule has 1 unspecified atom stereocenters. The molecule has 3 rings (SSSR count). The second-order valence-electron chi connectivity index (χ2n) is 7.09. The number of carbonyl (C=O) groups is 2. The molecule has 1 saturated carbocycles. The van der Waals surface area contributed by atoms with Gasteiger partial charge in [0, 0.05) is 29.8 Å². The number of nitrogens with zero attached hydrogens (tertiary/aromatic N) is 1. The molecule has 24 heavy (non-hydrogen) atoms. The van der Waals surface area contributed by atoms with Gasteiger partial charge in [0.15, 0.2) is 0 Å². The summed E-state index contributed by atoms with van der Waals surface area (Å²) in [6.07, 6.45) is 8.97. The van der Waals surface area contributed by atoms with E-state index in [0.29, 0.717) is 23.2 Å². The molecule has 4 nitrogen and oxygen atoms in total. The number of carbonyl (C=O) groups excluding carboxylic acids is 2. The molecule has 4 heteroatoms. The Balaban J connectivity index is 1.64. The van der Waals surface area contributed by atoms with Crippen molar-refractivity contribution in [3.8, 4) is 0 Å². The second-order valence-corrected chi connectivity index (χ2v) is 7.09. The van der Waals surface area contributed by atoms with E-state index >= 15 is 0 Å². The molecule has 1 atom stereocenters. The summed E-state index contributed by atoms with van der Waals surface area (Å²) in [6.45, 7) is 2.99. The monoisotopic (exact) mass is 328 g/mol. The van der Waals surface area contributed by atoms with Crippen LogP contribution in [-0.4, -0.2) is 35.3 Å². The van der Waals surface area contributed by atoms with Crippen LogP contribution < -0.4 is 5.32 Å². The van der Waals surface area contributed by atoms with E-state index in [4.69, 9.17) is 0 Å². The minimum absolute atomic E-state index is 0.0229. The van der Waals surface area contributed by atoms with E-state index in [9.17, 15) is 9.59 Å². The third-order valence-electron chi connectivity index (χ3n) is 5.44. The molecule has 1 heterocycles. The number of nitrogens with one attached hydrogen (secondary N) is 1. The van der Waals surface area contributed by atoms with Gasteiger partial charge in [-0.25, -0.2) is 0 Å². The molecule has 0 aromatic heterocycles. The first-order valence-electron chi connectivity index (χ1n) is 9.41. The predicted molar refractivity (Wildman–Crippen MR) is 95.1 cm³/mol. The van der Waals surface area contributed by atoms with Crippen molar-refractivity contribution in [2.75, 3.05) is 6.54 Å². The number of likely N-dealkylation sites (tertiary alicyclic amines) is 1. The summed E-state index contributed by atoms with van der Waals surface area (Å²) in [5.41, 5.74) is 1.33. The fourth-order valence-electron chi connectivity index (χ4n) is 3.96. The number of amides is 2. The maximum atomic E-state index is 12.8. The van der Waals surface area contributed by atoms with Gasteiger partial charge in [-0.2, -0.15) is 0 Å². The first kappa shape index (κ1) is 17.0. The molecule has 130 valence electrons. The van der Waals surface area contributed by atoms with Crippen LogP contribution in [0.15, 0.2) is 24.3 Å². The van der Waals surface area contributed by atoms with Crippen molar-refractivity contribution in [1.29, 1.82) is 0 Å². The van der Waals surface area contributed by atoms with Crippen LogP contribution in [0.5, 0.6) is 0 Å². The second kappa shape index (κ2) is 7.82. The lowest BCUT2D eigenvalue weighted by Crippen LogP contribution is -2.43. The Bertz CT molecular complexity index is 576. The first-order chi connectivity index (χ1) is 11.7. The Hall–Kier alpha value is -1.84. The van der Waals surface area contributed by atoms with Gasteiger partial charge >= 0.3 is 0 Å². The fraction of sp³-hybridized carbons (Fsp3) is 0.600. The number of hydrogen-bond acceptors (Lipinski definition) is 2. The zero-order valence-electron chi connectivity index (χ0n) is 14.6. The van der Waals surface area contributed by atoms with E-state index in [2.05, 4.69) is 12.2 Å². The van der Waals surface area contributed by atoms with Crippen LogP contribution in [0.4, 0.5) is 0 Å². The Kier molecular flexibility index (Phi) is 5.54. The summed E-state index contributed by atoms with van der Waals surface area (Å²) in [7, 11) is 0. The van der Waals surface area contributed by atoms with E-state index in [0.717, 1.165) is 38.6 Å². The summed E-state index contributed by atoms with van der Waals surface area (Å²) < 4.78 is 0. The summed E-state index contributed by atoms with van der Waals surface area (Å²) in [6, 6.07) is 7.83. The first-order valence-corrected chi connectivity index (χ1v) is 9.41. The van der Waals surface area contributed by atoms with Crippen molar-refractivity contribution in [1.82, 2.24) is 10.2 Å². The largest absolute Gasteiger partial charge is 0.349 e. The third-order valence-corrected chi connectivity index (χ3v) is 5.44. The lowest BCUT2D eigenvalue weighted by molar-refractivity contribution is 0.0607. The molecule has 1 N–H and O–H groups in total. The van der Waals surface area contributed by atoms with Gasteiger partial charge in [0.2, 0.25) is 0 Å². The molecule has 2 aliphatic rings. The van der Waals surface area contributed by atoms with Crippen molar-refractivity contribution < 1.29 is 9.59 Å². The highest BCUT2D eigenvalue weighted by molar-refractivity contribution is 5.98. The van der Waals surface area contributed by atoms with Gasteiger partial charge in [0.05, 0.1) is 0 Å². The van der Waals surface area contributed by atoms with Crippen LogP contribution in [0, 0.1) is 0 Å². The maximum Gasteiger partial charge on any atom is 0.254 e. The summed E-state index contributed by atoms with van der Waals surface area (Å²) in [4.78, 5) is 27.0. The van der Waals surface area contributed by atoms with Gasteiger partial charge in [-0.1, -0.05) is 19.8 Å².